The van der Waals surface area contributed by atoms with Gasteiger partial charge in [-0.25, -0.2) is 4.98 Å². The van der Waals surface area contributed by atoms with Crippen molar-refractivity contribution >= 4 is 22.8 Å². The highest BCUT2D eigenvalue weighted by Crippen LogP contribution is 2.26. The third-order valence-electron chi connectivity index (χ3n) is 3.76. The van der Waals surface area contributed by atoms with Gasteiger partial charge in [0.1, 0.15) is 11.3 Å². The molecule has 0 aliphatic heterocycles. The second-order valence-electron chi connectivity index (χ2n) is 5.51. The van der Waals surface area contributed by atoms with E-state index in [1.165, 1.54) is 6.07 Å². The fraction of sp³-hybridized carbons (Fsp3) is 0.294. The number of nitrogen functional groups attached to an aromatic ring is 1. The zero-order valence-corrected chi connectivity index (χ0v) is 14.2. The SMILES string of the molecule is COCCNc1nc(N)nc2ccn(Cc3ccccc3OC(F)F)c12. The lowest BCUT2D eigenvalue weighted by Crippen LogP contribution is -2.12. The fourth-order valence-corrected chi connectivity index (χ4v) is 2.68. The first kappa shape index (κ1) is 17.9. The van der Waals surface area contributed by atoms with Crippen LogP contribution >= 0.6 is 0 Å². The number of ether oxygens (including phenoxy) is 2. The number of aromatic nitrogens is 3. The maximum absolute atomic E-state index is 12.6. The number of nitrogens with one attached hydrogen (secondary N) is 1. The van der Waals surface area contributed by atoms with E-state index >= 15 is 0 Å². The lowest BCUT2D eigenvalue weighted by molar-refractivity contribution is -0.0504. The summed E-state index contributed by atoms with van der Waals surface area (Å²) in [7, 11) is 1.61. The molecule has 2 aromatic heterocycles. The Morgan fingerprint density at radius 1 is 1.23 bits per heavy atom. The highest BCUT2D eigenvalue weighted by molar-refractivity contribution is 5.87. The van der Waals surface area contributed by atoms with Crippen LogP contribution in [0.3, 0.4) is 0 Å². The standard InChI is InChI=1S/C17H19F2N5O2/c1-25-9-7-21-15-14-12(22-17(20)23-15)6-8-24(14)10-11-4-2-3-5-13(11)26-16(18)19/h2-6,8,16H,7,9-10H2,1H3,(H3,20,21,22,23). The van der Waals surface area contributed by atoms with E-state index in [9.17, 15) is 8.78 Å². The molecule has 9 heteroatoms. The summed E-state index contributed by atoms with van der Waals surface area (Å²) in [5.41, 5.74) is 7.76. The maximum Gasteiger partial charge on any atom is 0.387 e. The Kier molecular flexibility index (Phi) is 5.47. The molecule has 0 radical (unpaired) electrons. The number of halogens is 2. The molecule has 26 heavy (non-hydrogen) atoms. The first-order chi connectivity index (χ1) is 12.6. The summed E-state index contributed by atoms with van der Waals surface area (Å²) < 4.78 is 36.8. The fourth-order valence-electron chi connectivity index (χ4n) is 2.68. The first-order valence-electron chi connectivity index (χ1n) is 7.96. The monoisotopic (exact) mass is 363 g/mol. The molecule has 7 nitrogen and oxygen atoms in total. The Hall–Kier alpha value is -2.94. The zero-order valence-electron chi connectivity index (χ0n) is 14.2. The first-order valence-corrected chi connectivity index (χ1v) is 7.96. The summed E-state index contributed by atoms with van der Waals surface area (Å²) in [4.78, 5) is 8.47. The number of fused-ring (bicyclic) bond motifs is 1. The minimum atomic E-state index is -2.88. The van der Waals surface area contributed by atoms with Gasteiger partial charge >= 0.3 is 6.61 Å². The van der Waals surface area contributed by atoms with E-state index in [1.807, 2.05) is 4.57 Å². The number of rotatable bonds is 8. The van der Waals surface area contributed by atoms with Gasteiger partial charge in [0.05, 0.1) is 18.7 Å². The summed E-state index contributed by atoms with van der Waals surface area (Å²) in [6.07, 6.45) is 1.81. The third kappa shape index (κ3) is 3.99. The maximum atomic E-state index is 12.6. The summed E-state index contributed by atoms with van der Waals surface area (Å²) in [6, 6.07) is 8.47. The lowest BCUT2D eigenvalue weighted by atomic mass is 10.2. The summed E-state index contributed by atoms with van der Waals surface area (Å²) in [5, 5.41) is 3.16. The van der Waals surface area contributed by atoms with Crippen LogP contribution in [0.25, 0.3) is 11.0 Å². The van der Waals surface area contributed by atoms with Crippen LogP contribution in [0.15, 0.2) is 36.5 Å². The molecule has 0 bridgehead atoms. The molecule has 0 aliphatic rings. The van der Waals surface area contributed by atoms with Gasteiger partial charge in [0.2, 0.25) is 5.95 Å². The van der Waals surface area contributed by atoms with E-state index in [-0.39, 0.29) is 11.7 Å². The number of hydrogen-bond acceptors (Lipinski definition) is 6. The van der Waals surface area contributed by atoms with Crippen LogP contribution in [-0.2, 0) is 11.3 Å². The second-order valence-corrected chi connectivity index (χ2v) is 5.51. The molecular formula is C17H19F2N5O2. The van der Waals surface area contributed by atoms with Crippen molar-refractivity contribution in [2.45, 2.75) is 13.2 Å². The van der Waals surface area contributed by atoms with E-state index in [4.69, 9.17) is 10.5 Å². The van der Waals surface area contributed by atoms with Crippen LogP contribution in [-0.4, -0.2) is 41.4 Å². The number of benzene rings is 1. The minimum Gasteiger partial charge on any atom is -0.434 e. The number of methoxy groups -OCH3 is 1. The number of hydrogen-bond donors (Lipinski definition) is 2. The van der Waals surface area contributed by atoms with E-state index < -0.39 is 6.61 Å². The van der Waals surface area contributed by atoms with Gasteiger partial charge in [-0.15, -0.1) is 0 Å². The van der Waals surface area contributed by atoms with Gasteiger partial charge in [-0.05, 0) is 12.1 Å². The Bertz CT molecular complexity index is 885. The Labute approximate surface area is 148 Å². The van der Waals surface area contributed by atoms with Gasteiger partial charge in [0.15, 0.2) is 5.82 Å². The van der Waals surface area contributed by atoms with Crippen molar-refractivity contribution in [1.82, 2.24) is 14.5 Å². The molecule has 0 atom stereocenters. The van der Waals surface area contributed by atoms with Crippen molar-refractivity contribution in [2.75, 3.05) is 31.3 Å². The molecule has 0 aliphatic carbocycles. The smallest absolute Gasteiger partial charge is 0.387 e. The predicted molar refractivity (Wildman–Crippen MR) is 94.5 cm³/mol. The molecule has 3 aromatic rings. The van der Waals surface area contributed by atoms with E-state index in [2.05, 4.69) is 20.0 Å². The summed E-state index contributed by atoms with van der Waals surface area (Å²) in [6.45, 7) is -1.53. The van der Waals surface area contributed by atoms with Crippen molar-refractivity contribution in [3.63, 3.8) is 0 Å². The molecule has 0 fully saturated rings. The van der Waals surface area contributed by atoms with Crippen molar-refractivity contribution in [3.8, 4) is 5.75 Å². The highest BCUT2D eigenvalue weighted by atomic mass is 19.3. The molecule has 0 amide bonds. The van der Waals surface area contributed by atoms with E-state index in [0.29, 0.717) is 36.6 Å². The van der Waals surface area contributed by atoms with Gasteiger partial charge in [-0.2, -0.15) is 13.8 Å². The number of nitrogens with two attached hydrogens (primary N) is 1. The Morgan fingerprint density at radius 2 is 2.04 bits per heavy atom. The number of anilines is 2. The van der Waals surface area contributed by atoms with Gasteiger partial charge in [0, 0.05) is 25.4 Å². The van der Waals surface area contributed by atoms with Crippen LogP contribution in [0, 0.1) is 0 Å². The summed E-state index contributed by atoms with van der Waals surface area (Å²) >= 11 is 0. The molecule has 0 saturated carbocycles. The van der Waals surface area contributed by atoms with Crippen LogP contribution < -0.4 is 15.8 Å². The van der Waals surface area contributed by atoms with Crippen molar-refractivity contribution < 1.29 is 18.3 Å². The minimum absolute atomic E-state index is 0.134. The van der Waals surface area contributed by atoms with E-state index in [0.717, 1.165) is 5.52 Å². The van der Waals surface area contributed by atoms with Gasteiger partial charge in [-0.1, -0.05) is 18.2 Å². The van der Waals surface area contributed by atoms with Gasteiger partial charge in [-0.3, -0.25) is 0 Å². The second kappa shape index (κ2) is 7.96. The van der Waals surface area contributed by atoms with Gasteiger partial charge < -0.3 is 25.1 Å². The molecule has 2 heterocycles. The molecule has 0 saturated heterocycles. The Morgan fingerprint density at radius 3 is 2.81 bits per heavy atom. The highest BCUT2D eigenvalue weighted by Gasteiger charge is 2.14. The molecule has 138 valence electrons. The van der Waals surface area contributed by atoms with Crippen LogP contribution in [0.4, 0.5) is 20.5 Å². The average Bonchev–Trinajstić information content (AvgIpc) is 2.99. The summed E-state index contributed by atoms with van der Waals surface area (Å²) in [5.74, 6) is 0.841. The molecule has 0 spiro atoms. The van der Waals surface area contributed by atoms with Crippen LogP contribution in [0.2, 0.25) is 0 Å². The van der Waals surface area contributed by atoms with Crippen molar-refractivity contribution in [2.24, 2.45) is 0 Å². The number of para-hydroxylation sites is 1. The topological polar surface area (TPSA) is 87.2 Å². The Balaban J connectivity index is 1.96. The largest absolute Gasteiger partial charge is 0.434 e. The van der Waals surface area contributed by atoms with Gasteiger partial charge in [0.25, 0.3) is 0 Å². The van der Waals surface area contributed by atoms with Crippen molar-refractivity contribution in [3.05, 3.63) is 42.1 Å². The lowest BCUT2D eigenvalue weighted by Gasteiger charge is -2.14. The molecular weight excluding hydrogens is 344 g/mol. The average molecular weight is 363 g/mol. The number of alkyl halides is 2. The predicted octanol–water partition coefficient (Wildman–Crippen LogP) is 2.72. The van der Waals surface area contributed by atoms with E-state index in [1.54, 1.807) is 37.6 Å². The van der Waals surface area contributed by atoms with Crippen LogP contribution in [0.5, 0.6) is 5.75 Å². The molecule has 1 aromatic carbocycles. The third-order valence-corrected chi connectivity index (χ3v) is 3.76. The molecule has 3 N–H and O–H groups in total. The molecule has 3 rings (SSSR count). The van der Waals surface area contributed by atoms with Crippen LogP contribution in [0.1, 0.15) is 5.56 Å². The quantitative estimate of drug-likeness (QED) is 0.599. The van der Waals surface area contributed by atoms with Crippen molar-refractivity contribution in [1.29, 1.82) is 0 Å². The zero-order chi connectivity index (χ0) is 18.5. The normalized spacial score (nSPS) is 11.2. The molecule has 0 unspecified atom stereocenters. The number of nitrogens with zero attached hydrogens (tertiary/aromatic N) is 3.